The first kappa shape index (κ1) is 16.1. The zero-order valence-electron chi connectivity index (χ0n) is 13.6. The van der Waals surface area contributed by atoms with Crippen LogP contribution in [0.2, 0.25) is 0 Å². The largest absolute Gasteiger partial charge is 0.439 e. The van der Waals surface area contributed by atoms with Gasteiger partial charge in [-0.25, -0.2) is 9.37 Å². The molecule has 2 aromatic rings. The van der Waals surface area contributed by atoms with Crippen LogP contribution < -0.4 is 5.32 Å². The third-order valence-corrected chi connectivity index (χ3v) is 4.53. The Labute approximate surface area is 136 Å². The van der Waals surface area contributed by atoms with Crippen LogP contribution in [0.4, 0.5) is 4.39 Å². The van der Waals surface area contributed by atoms with Gasteiger partial charge in [-0.05, 0) is 64.0 Å². The van der Waals surface area contributed by atoms with Crippen LogP contribution in [0.5, 0.6) is 0 Å². The van der Waals surface area contributed by atoms with Crippen LogP contribution in [0.3, 0.4) is 0 Å². The zero-order chi connectivity index (χ0) is 16.1. The van der Waals surface area contributed by atoms with Crippen molar-refractivity contribution in [2.75, 3.05) is 26.7 Å². The van der Waals surface area contributed by atoms with Crippen molar-refractivity contribution in [3.8, 4) is 11.3 Å². The molecule has 0 aliphatic carbocycles. The van der Waals surface area contributed by atoms with E-state index in [0.717, 1.165) is 37.7 Å². The van der Waals surface area contributed by atoms with Crippen LogP contribution in [0, 0.1) is 11.7 Å². The summed E-state index contributed by atoms with van der Waals surface area (Å²) in [7, 11) is 2.01. The number of halogens is 1. The van der Waals surface area contributed by atoms with Crippen molar-refractivity contribution in [3.05, 3.63) is 42.2 Å². The molecule has 0 spiro atoms. The Kier molecular flexibility index (Phi) is 5.41. The minimum Gasteiger partial charge on any atom is -0.439 e. The Morgan fingerprint density at radius 2 is 2.17 bits per heavy atom. The molecule has 1 saturated heterocycles. The van der Waals surface area contributed by atoms with Gasteiger partial charge < -0.3 is 9.73 Å². The Bertz CT molecular complexity index is 620. The van der Waals surface area contributed by atoms with Gasteiger partial charge >= 0.3 is 0 Å². The minimum atomic E-state index is -0.260. The predicted octanol–water partition coefficient (Wildman–Crippen LogP) is 3.30. The first-order valence-electron chi connectivity index (χ1n) is 8.32. The summed E-state index contributed by atoms with van der Waals surface area (Å²) in [6.07, 6.45) is 5.41. The van der Waals surface area contributed by atoms with E-state index in [1.165, 1.54) is 31.4 Å². The molecule has 4 nitrogen and oxygen atoms in total. The summed E-state index contributed by atoms with van der Waals surface area (Å²) in [6, 6.07) is 6.42. The van der Waals surface area contributed by atoms with Gasteiger partial charge in [-0.2, -0.15) is 0 Å². The second-order valence-corrected chi connectivity index (χ2v) is 6.24. The second-order valence-electron chi connectivity index (χ2n) is 6.24. The second kappa shape index (κ2) is 7.70. The zero-order valence-corrected chi connectivity index (χ0v) is 13.6. The maximum atomic E-state index is 13.3. The van der Waals surface area contributed by atoms with Gasteiger partial charge in [-0.1, -0.05) is 12.1 Å². The standard InChI is InChI=1S/C18H24FN3O/c1-20-8-5-14-6-9-22(10-7-14)13-18-21-12-17(23-18)15-3-2-4-16(19)11-15/h2-4,11-12,14,20H,5-10,13H2,1H3. The SMILES string of the molecule is CNCCC1CCN(Cc2ncc(-c3cccc(F)c3)o2)CC1. The fraction of sp³-hybridized carbons (Fsp3) is 0.500. The maximum Gasteiger partial charge on any atom is 0.209 e. The first-order valence-corrected chi connectivity index (χ1v) is 8.32. The molecule has 2 heterocycles. The van der Waals surface area contributed by atoms with Crippen LogP contribution in [-0.4, -0.2) is 36.6 Å². The Hall–Kier alpha value is -1.72. The summed E-state index contributed by atoms with van der Waals surface area (Å²) >= 11 is 0. The molecule has 1 aromatic carbocycles. The Morgan fingerprint density at radius 3 is 2.91 bits per heavy atom. The summed E-state index contributed by atoms with van der Waals surface area (Å²) in [4.78, 5) is 6.73. The van der Waals surface area contributed by atoms with Crippen molar-refractivity contribution < 1.29 is 8.81 Å². The highest BCUT2D eigenvalue weighted by Crippen LogP contribution is 2.24. The van der Waals surface area contributed by atoms with Crippen LogP contribution in [0.15, 0.2) is 34.9 Å². The van der Waals surface area contributed by atoms with Gasteiger partial charge in [0.2, 0.25) is 5.89 Å². The van der Waals surface area contributed by atoms with E-state index < -0.39 is 0 Å². The van der Waals surface area contributed by atoms with Gasteiger partial charge in [0.25, 0.3) is 0 Å². The number of benzene rings is 1. The number of hydrogen-bond donors (Lipinski definition) is 1. The van der Waals surface area contributed by atoms with E-state index in [-0.39, 0.29) is 5.82 Å². The van der Waals surface area contributed by atoms with E-state index in [2.05, 4.69) is 15.2 Å². The van der Waals surface area contributed by atoms with Crippen LogP contribution >= 0.6 is 0 Å². The van der Waals surface area contributed by atoms with E-state index in [0.29, 0.717) is 11.7 Å². The van der Waals surface area contributed by atoms with Crippen molar-refractivity contribution in [1.29, 1.82) is 0 Å². The lowest BCUT2D eigenvalue weighted by Crippen LogP contribution is -2.34. The molecule has 0 unspecified atom stereocenters. The van der Waals surface area contributed by atoms with Crippen molar-refractivity contribution in [2.45, 2.75) is 25.8 Å². The lowest BCUT2D eigenvalue weighted by atomic mass is 9.93. The third kappa shape index (κ3) is 4.39. The van der Waals surface area contributed by atoms with E-state index >= 15 is 0 Å². The molecule has 5 heteroatoms. The molecule has 0 radical (unpaired) electrons. The number of rotatable bonds is 6. The Balaban J connectivity index is 1.54. The smallest absolute Gasteiger partial charge is 0.209 e. The van der Waals surface area contributed by atoms with Crippen LogP contribution in [0.25, 0.3) is 11.3 Å². The number of oxazole rings is 1. The minimum absolute atomic E-state index is 0.260. The number of likely N-dealkylation sites (tertiary alicyclic amines) is 1. The fourth-order valence-electron chi connectivity index (χ4n) is 3.13. The van der Waals surface area contributed by atoms with E-state index in [1.807, 2.05) is 13.1 Å². The number of aromatic nitrogens is 1. The van der Waals surface area contributed by atoms with Gasteiger partial charge in [0.15, 0.2) is 5.76 Å². The summed E-state index contributed by atoms with van der Waals surface area (Å²) in [5, 5.41) is 3.22. The van der Waals surface area contributed by atoms with Gasteiger partial charge in [0.1, 0.15) is 5.82 Å². The van der Waals surface area contributed by atoms with E-state index in [4.69, 9.17) is 4.42 Å². The van der Waals surface area contributed by atoms with E-state index in [9.17, 15) is 4.39 Å². The molecule has 0 amide bonds. The monoisotopic (exact) mass is 317 g/mol. The molecule has 0 atom stereocenters. The number of nitrogens with one attached hydrogen (secondary N) is 1. The molecule has 0 bridgehead atoms. The molecule has 3 rings (SSSR count). The van der Waals surface area contributed by atoms with Crippen LogP contribution in [-0.2, 0) is 6.54 Å². The van der Waals surface area contributed by atoms with Crippen molar-refractivity contribution in [1.82, 2.24) is 15.2 Å². The molecule has 23 heavy (non-hydrogen) atoms. The molecule has 124 valence electrons. The topological polar surface area (TPSA) is 41.3 Å². The predicted molar refractivity (Wildman–Crippen MR) is 88.4 cm³/mol. The molecular weight excluding hydrogens is 293 g/mol. The molecule has 1 aromatic heterocycles. The number of nitrogens with zero attached hydrogens (tertiary/aromatic N) is 2. The lowest BCUT2D eigenvalue weighted by Gasteiger charge is -2.31. The molecular formula is C18H24FN3O. The number of hydrogen-bond acceptors (Lipinski definition) is 4. The van der Waals surface area contributed by atoms with Crippen molar-refractivity contribution >= 4 is 0 Å². The first-order chi connectivity index (χ1) is 11.2. The van der Waals surface area contributed by atoms with Gasteiger partial charge in [0, 0.05) is 5.56 Å². The normalized spacial score (nSPS) is 16.8. The number of piperidine rings is 1. The quantitative estimate of drug-likeness (QED) is 0.887. The van der Waals surface area contributed by atoms with Gasteiger partial charge in [-0.15, -0.1) is 0 Å². The molecule has 1 aliphatic heterocycles. The highest BCUT2D eigenvalue weighted by molar-refractivity contribution is 5.56. The molecule has 0 saturated carbocycles. The average molecular weight is 317 g/mol. The van der Waals surface area contributed by atoms with Gasteiger partial charge in [0.05, 0.1) is 12.7 Å². The summed E-state index contributed by atoms with van der Waals surface area (Å²) in [5.41, 5.74) is 0.731. The van der Waals surface area contributed by atoms with Crippen LogP contribution in [0.1, 0.15) is 25.2 Å². The Morgan fingerprint density at radius 1 is 1.35 bits per heavy atom. The summed E-state index contributed by atoms with van der Waals surface area (Å²) < 4.78 is 19.1. The van der Waals surface area contributed by atoms with Crippen molar-refractivity contribution in [3.63, 3.8) is 0 Å². The lowest BCUT2D eigenvalue weighted by molar-refractivity contribution is 0.160. The highest BCUT2D eigenvalue weighted by atomic mass is 19.1. The van der Waals surface area contributed by atoms with Gasteiger partial charge in [-0.3, -0.25) is 4.90 Å². The fourth-order valence-corrected chi connectivity index (χ4v) is 3.13. The molecule has 1 aliphatic rings. The third-order valence-electron chi connectivity index (χ3n) is 4.53. The summed E-state index contributed by atoms with van der Waals surface area (Å²) in [5.74, 6) is 1.90. The molecule has 1 fully saturated rings. The van der Waals surface area contributed by atoms with E-state index in [1.54, 1.807) is 12.3 Å². The van der Waals surface area contributed by atoms with Crippen molar-refractivity contribution in [2.24, 2.45) is 5.92 Å². The average Bonchev–Trinajstić information content (AvgIpc) is 3.03. The summed E-state index contributed by atoms with van der Waals surface area (Å²) in [6.45, 7) is 4.01. The maximum absolute atomic E-state index is 13.3. The highest BCUT2D eigenvalue weighted by Gasteiger charge is 2.20. The molecule has 1 N–H and O–H groups in total.